The van der Waals surface area contributed by atoms with Crippen molar-refractivity contribution in [3.63, 3.8) is 0 Å². The van der Waals surface area contributed by atoms with Crippen molar-refractivity contribution in [3.05, 3.63) is 59.8 Å². The number of nitrogens with one attached hydrogen (secondary N) is 5. The predicted octanol–water partition coefficient (Wildman–Crippen LogP) is 0.860. The molecule has 0 aliphatic heterocycles. The van der Waals surface area contributed by atoms with Gasteiger partial charge in [0.2, 0.25) is 33.7 Å². The van der Waals surface area contributed by atoms with Crippen molar-refractivity contribution in [3.8, 4) is 0 Å². The molecule has 13 heteroatoms. The van der Waals surface area contributed by atoms with E-state index in [1.54, 1.807) is 6.92 Å². The van der Waals surface area contributed by atoms with E-state index >= 15 is 0 Å². The number of aryl methyl sites for hydroxylation is 1. The molecule has 0 aliphatic carbocycles. The van der Waals surface area contributed by atoms with E-state index in [-0.39, 0.29) is 50.0 Å². The van der Waals surface area contributed by atoms with Crippen LogP contribution in [0.4, 0.5) is 0 Å². The smallest absolute Gasteiger partial charge is 0.240 e. The standard InChI is InChI=1S/C27H37N5O6S2/c1-18-6-7-23-13-21(8-9-22(23)12-18)20(3)27(36)32-40(37,38)11-5-4-10-28-24(33)16-31-25(34)15-29-19(2)14-30-26(35)17-39/h6-9,12-13,20,29,39H,2,4-5,10-11,14-17H2,1,3H3,(H,28,33)(H,30,35)(H,31,34)(H,32,36)/t20-/m0/s1. The number of hydrogen-bond donors (Lipinski definition) is 6. The highest BCUT2D eigenvalue weighted by molar-refractivity contribution is 7.90. The summed E-state index contributed by atoms with van der Waals surface area (Å²) in [6.07, 6.45) is 0.600. The van der Waals surface area contributed by atoms with Crippen LogP contribution in [0.15, 0.2) is 48.7 Å². The zero-order chi connectivity index (χ0) is 29.7. The van der Waals surface area contributed by atoms with Crippen molar-refractivity contribution in [1.82, 2.24) is 26.0 Å². The number of amides is 4. The molecule has 0 unspecified atom stereocenters. The second kappa shape index (κ2) is 15.9. The maximum atomic E-state index is 12.6. The third-order valence-corrected chi connectivity index (χ3v) is 7.54. The van der Waals surface area contributed by atoms with Gasteiger partial charge in [-0.25, -0.2) is 8.42 Å². The summed E-state index contributed by atoms with van der Waals surface area (Å²) < 4.78 is 26.9. The molecule has 0 saturated heterocycles. The van der Waals surface area contributed by atoms with Crippen LogP contribution in [0.25, 0.3) is 10.8 Å². The molecular weight excluding hydrogens is 554 g/mol. The maximum Gasteiger partial charge on any atom is 0.240 e. The summed E-state index contributed by atoms with van der Waals surface area (Å²) in [7, 11) is -3.84. The van der Waals surface area contributed by atoms with Crippen LogP contribution in [0, 0.1) is 6.92 Å². The van der Waals surface area contributed by atoms with Gasteiger partial charge in [0.15, 0.2) is 0 Å². The molecule has 0 aliphatic rings. The molecule has 0 radical (unpaired) electrons. The quantitative estimate of drug-likeness (QED) is 0.125. The van der Waals surface area contributed by atoms with Crippen LogP contribution >= 0.6 is 12.6 Å². The van der Waals surface area contributed by atoms with E-state index in [1.165, 1.54) is 0 Å². The van der Waals surface area contributed by atoms with Gasteiger partial charge in [0.25, 0.3) is 0 Å². The van der Waals surface area contributed by atoms with E-state index in [0.717, 1.165) is 21.9 Å². The van der Waals surface area contributed by atoms with Gasteiger partial charge in [-0.3, -0.25) is 23.9 Å². The first-order valence-corrected chi connectivity index (χ1v) is 15.1. The number of carbonyl (C=O) groups excluding carboxylic acids is 4. The molecule has 1 atom stereocenters. The fourth-order valence-corrected chi connectivity index (χ4v) is 4.86. The van der Waals surface area contributed by atoms with Crippen LogP contribution in [-0.4, -0.2) is 69.7 Å². The summed E-state index contributed by atoms with van der Waals surface area (Å²) >= 11 is 3.83. The van der Waals surface area contributed by atoms with Crippen LogP contribution in [0.2, 0.25) is 0 Å². The number of sulfonamides is 1. The average Bonchev–Trinajstić information content (AvgIpc) is 2.92. The van der Waals surface area contributed by atoms with Gasteiger partial charge in [-0.2, -0.15) is 12.6 Å². The van der Waals surface area contributed by atoms with Crippen LogP contribution in [0.1, 0.15) is 36.8 Å². The third kappa shape index (κ3) is 11.7. The number of fused-ring (bicyclic) bond motifs is 1. The Kier molecular flexibility index (Phi) is 12.9. The van der Waals surface area contributed by atoms with Gasteiger partial charge in [-0.05, 0) is 43.0 Å². The van der Waals surface area contributed by atoms with Gasteiger partial charge in [-0.15, -0.1) is 0 Å². The highest BCUT2D eigenvalue weighted by Crippen LogP contribution is 2.23. The molecule has 0 heterocycles. The van der Waals surface area contributed by atoms with Crippen molar-refractivity contribution in [1.29, 1.82) is 0 Å². The molecule has 11 nitrogen and oxygen atoms in total. The van der Waals surface area contributed by atoms with Gasteiger partial charge in [-0.1, -0.05) is 48.5 Å². The summed E-state index contributed by atoms with van der Waals surface area (Å²) in [5.74, 6) is -2.61. The molecule has 4 amide bonds. The largest absolute Gasteiger partial charge is 0.379 e. The summed E-state index contributed by atoms with van der Waals surface area (Å²) in [5, 5.41) is 12.3. The Bertz CT molecular complexity index is 1350. The summed E-state index contributed by atoms with van der Waals surface area (Å²) in [6.45, 7) is 7.33. The molecule has 0 bridgehead atoms. The number of hydrogen-bond acceptors (Lipinski definition) is 8. The Balaban J connectivity index is 1.63. The fourth-order valence-electron chi connectivity index (χ4n) is 3.57. The van der Waals surface area contributed by atoms with Gasteiger partial charge in [0, 0.05) is 12.2 Å². The van der Waals surface area contributed by atoms with Gasteiger partial charge >= 0.3 is 0 Å². The van der Waals surface area contributed by atoms with E-state index < -0.39 is 33.7 Å². The van der Waals surface area contributed by atoms with Crippen molar-refractivity contribution >= 4 is 57.1 Å². The first-order valence-electron chi connectivity index (χ1n) is 12.8. The molecule has 218 valence electrons. The van der Waals surface area contributed by atoms with Crippen LogP contribution in [-0.2, 0) is 29.2 Å². The van der Waals surface area contributed by atoms with Crippen LogP contribution in [0.3, 0.4) is 0 Å². The van der Waals surface area contributed by atoms with Crippen molar-refractivity contribution in [2.24, 2.45) is 0 Å². The highest BCUT2D eigenvalue weighted by Gasteiger charge is 2.21. The lowest BCUT2D eigenvalue weighted by atomic mass is 9.97. The molecule has 5 N–H and O–H groups in total. The first kappa shape index (κ1) is 32.6. The lowest BCUT2D eigenvalue weighted by Gasteiger charge is -2.14. The van der Waals surface area contributed by atoms with E-state index in [9.17, 15) is 27.6 Å². The Labute approximate surface area is 240 Å². The van der Waals surface area contributed by atoms with E-state index in [0.29, 0.717) is 12.1 Å². The first-order chi connectivity index (χ1) is 18.9. The maximum absolute atomic E-state index is 12.6. The second-order valence-corrected chi connectivity index (χ2v) is 11.5. The van der Waals surface area contributed by atoms with Crippen molar-refractivity contribution < 1.29 is 27.6 Å². The van der Waals surface area contributed by atoms with Gasteiger partial charge in [0.05, 0.1) is 37.1 Å². The Morgan fingerprint density at radius 2 is 1.48 bits per heavy atom. The number of benzene rings is 2. The van der Waals surface area contributed by atoms with E-state index in [2.05, 4.69) is 45.2 Å². The minimum absolute atomic E-state index is 0.0427. The molecule has 2 rings (SSSR count). The molecule has 0 aromatic heterocycles. The molecule has 0 fully saturated rings. The van der Waals surface area contributed by atoms with Gasteiger partial charge in [0.1, 0.15) is 0 Å². The number of thiol groups is 1. The monoisotopic (exact) mass is 591 g/mol. The van der Waals surface area contributed by atoms with Crippen LogP contribution in [0.5, 0.6) is 0 Å². The van der Waals surface area contributed by atoms with Crippen molar-refractivity contribution in [2.75, 3.05) is 37.7 Å². The van der Waals surface area contributed by atoms with Crippen LogP contribution < -0.4 is 26.0 Å². The van der Waals surface area contributed by atoms with E-state index in [4.69, 9.17) is 0 Å². The Morgan fingerprint density at radius 1 is 0.850 bits per heavy atom. The predicted molar refractivity (Wildman–Crippen MR) is 158 cm³/mol. The molecule has 0 spiro atoms. The minimum atomic E-state index is -3.84. The SMILES string of the molecule is C=C(CNC(=O)CS)NCC(=O)NCC(=O)NCCCCS(=O)(=O)NC(=O)[C@@H](C)c1ccc2cc(C)ccc2c1. The number of carbonyl (C=O) groups is 4. The second-order valence-electron chi connectivity index (χ2n) is 9.34. The minimum Gasteiger partial charge on any atom is -0.379 e. The molecule has 2 aromatic rings. The van der Waals surface area contributed by atoms with E-state index in [1.807, 2.05) is 43.3 Å². The van der Waals surface area contributed by atoms with Crippen molar-refractivity contribution in [2.45, 2.75) is 32.6 Å². The normalized spacial score (nSPS) is 11.8. The van der Waals surface area contributed by atoms with Gasteiger partial charge < -0.3 is 21.3 Å². The topological polar surface area (TPSA) is 163 Å². The fraction of sp³-hybridized carbons (Fsp3) is 0.407. The summed E-state index contributed by atoms with van der Waals surface area (Å²) in [6, 6.07) is 11.6. The average molecular weight is 592 g/mol. The molecule has 2 aromatic carbocycles. The Hall–Kier alpha value is -3.58. The number of unbranched alkanes of at least 4 members (excludes halogenated alkanes) is 1. The lowest BCUT2D eigenvalue weighted by Crippen LogP contribution is -2.41. The zero-order valence-corrected chi connectivity index (χ0v) is 24.4. The lowest BCUT2D eigenvalue weighted by molar-refractivity contribution is -0.125. The zero-order valence-electron chi connectivity index (χ0n) is 22.7. The summed E-state index contributed by atoms with van der Waals surface area (Å²) in [5.41, 5.74) is 2.28. The highest BCUT2D eigenvalue weighted by atomic mass is 32.2. The molecular formula is C27H37N5O6S2. The summed E-state index contributed by atoms with van der Waals surface area (Å²) in [4.78, 5) is 47.5. The Morgan fingerprint density at radius 3 is 2.20 bits per heavy atom. The number of rotatable bonds is 16. The molecule has 40 heavy (non-hydrogen) atoms. The molecule has 0 saturated carbocycles. The third-order valence-electron chi connectivity index (χ3n) is 5.92.